The van der Waals surface area contributed by atoms with Crippen LogP contribution in [0, 0.1) is 0 Å². The Hall–Kier alpha value is -0.940. The number of halogens is 2. The Morgan fingerprint density at radius 3 is 2.45 bits per heavy atom. The number of nitrogens with one attached hydrogen (secondary N) is 1. The molecule has 0 radical (unpaired) electrons. The maximum Gasteiger partial charge on any atom is 0.161 e. The number of hydrogen-bond acceptors (Lipinski definition) is 3. The molecule has 1 aromatic heterocycles. The largest absolute Gasteiger partial charge is 0.369 e. The molecule has 1 fully saturated rings. The Morgan fingerprint density at radius 1 is 1.15 bits per heavy atom. The van der Waals surface area contributed by atoms with E-state index in [0.29, 0.717) is 5.92 Å². The lowest BCUT2D eigenvalue weighted by Crippen LogP contribution is -2.05. The fourth-order valence-electron chi connectivity index (χ4n) is 2.10. The van der Waals surface area contributed by atoms with E-state index in [-0.39, 0.29) is 0 Å². The van der Waals surface area contributed by atoms with E-state index in [4.69, 9.17) is 4.98 Å². The summed E-state index contributed by atoms with van der Waals surface area (Å²) in [5.74, 6) is 2.26. The van der Waals surface area contributed by atoms with Gasteiger partial charge in [0.05, 0.1) is 10.2 Å². The van der Waals surface area contributed by atoms with Crippen molar-refractivity contribution in [1.29, 1.82) is 0 Å². The zero-order chi connectivity index (χ0) is 14.1. The van der Waals surface area contributed by atoms with Crippen molar-refractivity contribution in [3.05, 3.63) is 38.9 Å². The monoisotopic (exact) mass is 395 g/mol. The van der Waals surface area contributed by atoms with Crippen LogP contribution in [0.4, 0.5) is 5.82 Å². The fourth-order valence-corrected chi connectivity index (χ4v) is 3.01. The molecule has 0 bridgehead atoms. The Labute approximate surface area is 135 Å². The summed E-state index contributed by atoms with van der Waals surface area (Å²) in [6.07, 6.45) is 2.45. The standard InChI is InChI=1S/C15H15Br2N3/c1-2-18-15-12(17)13(9-3-4-9)19-14(20-15)10-5-7-11(16)8-6-10/h5-9H,2-4H2,1H3,(H,18,19,20). The van der Waals surface area contributed by atoms with Crippen LogP contribution in [-0.4, -0.2) is 16.5 Å². The number of aromatic nitrogens is 2. The van der Waals surface area contributed by atoms with Crippen LogP contribution in [0.15, 0.2) is 33.2 Å². The lowest BCUT2D eigenvalue weighted by molar-refractivity contribution is 0.974. The molecule has 1 aliphatic carbocycles. The van der Waals surface area contributed by atoms with Gasteiger partial charge in [-0.25, -0.2) is 9.97 Å². The first kappa shape index (κ1) is 14.0. The van der Waals surface area contributed by atoms with Crippen LogP contribution in [0.1, 0.15) is 31.4 Å². The Bertz CT molecular complexity index is 622. The van der Waals surface area contributed by atoms with Gasteiger partial charge in [0, 0.05) is 22.5 Å². The van der Waals surface area contributed by atoms with E-state index in [1.165, 1.54) is 12.8 Å². The van der Waals surface area contributed by atoms with Crippen LogP contribution in [0.5, 0.6) is 0 Å². The zero-order valence-corrected chi connectivity index (χ0v) is 14.3. The van der Waals surface area contributed by atoms with Crippen molar-refractivity contribution in [3.63, 3.8) is 0 Å². The van der Waals surface area contributed by atoms with Crippen molar-refractivity contribution in [2.45, 2.75) is 25.7 Å². The average Bonchev–Trinajstić information content (AvgIpc) is 3.27. The topological polar surface area (TPSA) is 37.8 Å². The SMILES string of the molecule is CCNc1nc(-c2ccc(Br)cc2)nc(C2CC2)c1Br. The second-order valence-corrected chi connectivity index (χ2v) is 6.62. The van der Waals surface area contributed by atoms with Gasteiger partial charge in [-0.2, -0.15) is 0 Å². The van der Waals surface area contributed by atoms with Crippen molar-refractivity contribution in [3.8, 4) is 11.4 Å². The highest BCUT2D eigenvalue weighted by Crippen LogP contribution is 2.44. The first-order chi connectivity index (χ1) is 9.69. The third kappa shape index (κ3) is 2.88. The van der Waals surface area contributed by atoms with Gasteiger partial charge in [-0.1, -0.05) is 28.1 Å². The van der Waals surface area contributed by atoms with Gasteiger partial charge in [-0.3, -0.25) is 0 Å². The van der Waals surface area contributed by atoms with E-state index < -0.39 is 0 Å². The molecule has 1 aliphatic rings. The molecule has 1 saturated carbocycles. The van der Waals surface area contributed by atoms with E-state index in [1.807, 2.05) is 24.3 Å². The van der Waals surface area contributed by atoms with E-state index in [0.717, 1.165) is 38.4 Å². The van der Waals surface area contributed by atoms with Crippen LogP contribution in [-0.2, 0) is 0 Å². The van der Waals surface area contributed by atoms with Crippen LogP contribution in [0.25, 0.3) is 11.4 Å². The molecule has 20 heavy (non-hydrogen) atoms. The van der Waals surface area contributed by atoms with Gasteiger partial charge in [-0.05, 0) is 47.8 Å². The van der Waals surface area contributed by atoms with E-state index in [1.54, 1.807) is 0 Å². The van der Waals surface area contributed by atoms with Crippen molar-refractivity contribution in [2.75, 3.05) is 11.9 Å². The first-order valence-corrected chi connectivity index (χ1v) is 8.35. The van der Waals surface area contributed by atoms with Crippen molar-refractivity contribution >= 4 is 37.7 Å². The minimum absolute atomic E-state index is 0.582. The van der Waals surface area contributed by atoms with Gasteiger partial charge < -0.3 is 5.32 Å². The molecule has 2 aromatic rings. The smallest absolute Gasteiger partial charge is 0.161 e. The second kappa shape index (κ2) is 5.82. The molecule has 104 valence electrons. The van der Waals surface area contributed by atoms with Gasteiger partial charge >= 0.3 is 0 Å². The van der Waals surface area contributed by atoms with Gasteiger partial charge in [0.15, 0.2) is 5.82 Å². The maximum absolute atomic E-state index is 4.76. The molecule has 1 heterocycles. The number of nitrogens with zero attached hydrogens (tertiary/aromatic N) is 2. The summed E-state index contributed by atoms with van der Waals surface area (Å²) in [6.45, 7) is 2.92. The highest BCUT2D eigenvalue weighted by Gasteiger charge is 2.29. The average molecular weight is 397 g/mol. The minimum Gasteiger partial charge on any atom is -0.369 e. The van der Waals surface area contributed by atoms with Crippen LogP contribution in [0.3, 0.4) is 0 Å². The lowest BCUT2D eigenvalue weighted by Gasteiger charge is -2.12. The second-order valence-electron chi connectivity index (χ2n) is 4.91. The van der Waals surface area contributed by atoms with Gasteiger partial charge in [0.2, 0.25) is 0 Å². The summed E-state index contributed by atoms with van der Waals surface area (Å²) in [4.78, 5) is 9.41. The molecule has 1 N–H and O–H groups in total. The quantitative estimate of drug-likeness (QED) is 0.791. The first-order valence-electron chi connectivity index (χ1n) is 6.76. The normalized spacial score (nSPS) is 14.3. The fraction of sp³-hybridized carbons (Fsp3) is 0.333. The molecule has 0 unspecified atom stereocenters. The van der Waals surface area contributed by atoms with E-state index >= 15 is 0 Å². The summed E-state index contributed by atoms with van der Waals surface area (Å²) in [6, 6.07) is 8.12. The van der Waals surface area contributed by atoms with E-state index in [9.17, 15) is 0 Å². The summed E-state index contributed by atoms with van der Waals surface area (Å²) >= 11 is 7.10. The van der Waals surface area contributed by atoms with Gasteiger partial charge in [0.1, 0.15) is 5.82 Å². The number of benzene rings is 1. The summed E-state index contributed by atoms with van der Waals surface area (Å²) in [5, 5.41) is 3.31. The van der Waals surface area contributed by atoms with Crippen LogP contribution < -0.4 is 5.32 Å². The molecule has 3 rings (SSSR count). The number of hydrogen-bond donors (Lipinski definition) is 1. The van der Waals surface area contributed by atoms with Crippen LogP contribution >= 0.6 is 31.9 Å². The zero-order valence-electron chi connectivity index (χ0n) is 11.2. The molecular formula is C15H15Br2N3. The molecule has 0 saturated heterocycles. The molecule has 0 aliphatic heterocycles. The predicted octanol–water partition coefficient (Wildman–Crippen LogP) is 4.98. The lowest BCUT2D eigenvalue weighted by atomic mass is 10.2. The Morgan fingerprint density at radius 2 is 1.85 bits per heavy atom. The third-order valence-corrected chi connectivity index (χ3v) is 4.60. The minimum atomic E-state index is 0.582. The van der Waals surface area contributed by atoms with E-state index in [2.05, 4.69) is 49.1 Å². The molecule has 3 nitrogen and oxygen atoms in total. The summed E-state index contributed by atoms with van der Waals surface area (Å²) in [5.41, 5.74) is 2.18. The Balaban J connectivity index is 2.07. The highest BCUT2D eigenvalue weighted by molar-refractivity contribution is 9.11. The molecular weight excluding hydrogens is 382 g/mol. The molecule has 1 aromatic carbocycles. The number of anilines is 1. The highest BCUT2D eigenvalue weighted by atomic mass is 79.9. The third-order valence-electron chi connectivity index (χ3n) is 3.29. The molecule has 5 heteroatoms. The summed E-state index contributed by atoms with van der Waals surface area (Å²) < 4.78 is 2.08. The van der Waals surface area contributed by atoms with Crippen molar-refractivity contribution in [1.82, 2.24) is 9.97 Å². The Kier molecular flexibility index (Phi) is 4.08. The predicted molar refractivity (Wildman–Crippen MR) is 89.0 cm³/mol. The van der Waals surface area contributed by atoms with Crippen LogP contribution in [0.2, 0.25) is 0 Å². The van der Waals surface area contributed by atoms with Crippen molar-refractivity contribution in [2.24, 2.45) is 0 Å². The maximum atomic E-state index is 4.76. The molecule has 0 amide bonds. The summed E-state index contributed by atoms with van der Waals surface area (Å²) in [7, 11) is 0. The number of rotatable bonds is 4. The molecule has 0 spiro atoms. The van der Waals surface area contributed by atoms with Crippen molar-refractivity contribution < 1.29 is 0 Å². The molecule has 0 atom stereocenters. The van der Waals surface area contributed by atoms with Gasteiger partial charge in [0.25, 0.3) is 0 Å². The van der Waals surface area contributed by atoms with Gasteiger partial charge in [-0.15, -0.1) is 0 Å².